The first-order chi connectivity index (χ1) is 8.81. The van der Waals surface area contributed by atoms with Gasteiger partial charge in [-0.1, -0.05) is 6.07 Å². The van der Waals surface area contributed by atoms with Crippen LogP contribution < -0.4 is 4.74 Å². The third kappa shape index (κ3) is 3.82. The minimum Gasteiger partial charge on any atom is -0.496 e. The molecule has 0 fully saturated rings. The topological polar surface area (TPSA) is 69.9 Å². The van der Waals surface area contributed by atoms with Crippen molar-refractivity contribution in [3.63, 3.8) is 0 Å². The summed E-state index contributed by atoms with van der Waals surface area (Å²) in [5.41, 5.74) is -0.867. The van der Waals surface area contributed by atoms with E-state index in [-0.39, 0.29) is 24.3 Å². The van der Waals surface area contributed by atoms with Crippen LogP contribution in [-0.2, 0) is 6.18 Å². The second-order valence-electron chi connectivity index (χ2n) is 3.98. The SMILES string of the molecule is COc1cc(C(F)(F)F)ccc1C(O)C(O)CCO. The van der Waals surface area contributed by atoms with Crippen molar-refractivity contribution in [2.24, 2.45) is 0 Å². The summed E-state index contributed by atoms with van der Waals surface area (Å²) < 4.78 is 42.3. The molecular formula is C12H15F3O4. The fraction of sp³-hybridized carbons (Fsp3) is 0.500. The van der Waals surface area contributed by atoms with Crippen molar-refractivity contribution in [2.45, 2.75) is 24.8 Å². The highest BCUT2D eigenvalue weighted by Gasteiger charge is 2.32. The second kappa shape index (κ2) is 6.23. The summed E-state index contributed by atoms with van der Waals surface area (Å²) in [7, 11) is 1.17. The van der Waals surface area contributed by atoms with Crippen LogP contribution in [0, 0.1) is 0 Å². The van der Waals surface area contributed by atoms with Crippen LogP contribution in [0.3, 0.4) is 0 Å². The molecule has 0 saturated carbocycles. The van der Waals surface area contributed by atoms with Gasteiger partial charge >= 0.3 is 6.18 Å². The molecule has 19 heavy (non-hydrogen) atoms. The van der Waals surface area contributed by atoms with E-state index < -0.39 is 23.9 Å². The maximum absolute atomic E-state index is 12.5. The van der Waals surface area contributed by atoms with Crippen molar-refractivity contribution in [1.82, 2.24) is 0 Å². The van der Waals surface area contributed by atoms with Gasteiger partial charge in [-0.3, -0.25) is 0 Å². The monoisotopic (exact) mass is 280 g/mol. The largest absolute Gasteiger partial charge is 0.496 e. The van der Waals surface area contributed by atoms with Gasteiger partial charge in [0.15, 0.2) is 0 Å². The number of benzene rings is 1. The molecule has 0 bridgehead atoms. The van der Waals surface area contributed by atoms with E-state index in [0.717, 1.165) is 18.2 Å². The molecular weight excluding hydrogens is 265 g/mol. The van der Waals surface area contributed by atoms with E-state index >= 15 is 0 Å². The van der Waals surface area contributed by atoms with Crippen molar-refractivity contribution >= 4 is 0 Å². The zero-order chi connectivity index (χ0) is 14.6. The zero-order valence-corrected chi connectivity index (χ0v) is 10.2. The Balaban J connectivity index is 3.09. The van der Waals surface area contributed by atoms with E-state index in [2.05, 4.69) is 0 Å². The molecule has 4 nitrogen and oxygen atoms in total. The number of ether oxygens (including phenoxy) is 1. The maximum Gasteiger partial charge on any atom is 0.416 e. The fourth-order valence-corrected chi connectivity index (χ4v) is 1.63. The van der Waals surface area contributed by atoms with Crippen LogP contribution in [0.15, 0.2) is 18.2 Å². The predicted molar refractivity (Wildman–Crippen MR) is 60.7 cm³/mol. The van der Waals surface area contributed by atoms with Crippen molar-refractivity contribution in [2.75, 3.05) is 13.7 Å². The Bertz CT molecular complexity index is 420. The Hall–Kier alpha value is -1.31. The van der Waals surface area contributed by atoms with Gasteiger partial charge < -0.3 is 20.1 Å². The standard InChI is InChI=1S/C12H15F3O4/c1-19-10-6-7(12(13,14)15)2-3-8(10)11(18)9(17)4-5-16/h2-3,6,9,11,16-18H,4-5H2,1H3. The van der Waals surface area contributed by atoms with Crippen LogP contribution in [0.2, 0.25) is 0 Å². The highest BCUT2D eigenvalue weighted by molar-refractivity contribution is 5.40. The molecule has 0 saturated heterocycles. The minimum absolute atomic E-state index is 0.0384. The molecule has 0 aliphatic heterocycles. The Morgan fingerprint density at radius 1 is 1.26 bits per heavy atom. The summed E-state index contributed by atoms with van der Waals surface area (Å²) in [6, 6.07) is 2.60. The summed E-state index contributed by atoms with van der Waals surface area (Å²) in [6.07, 6.45) is -7.31. The van der Waals surface area contributed by atoms with Gasteiger partial charge in [-0.2, -0.15) is 13.2 Å². The maximum atomic E-state index is 12.5. The van der Waals surface area contributed by atoms with Gasteiger partial charge in [0.1, 0.15) is 11.9 Å². The number of halogens is 3. The van der Waals surface area contributed by atoms with Crippen molar-refractivity contribution in [3.8, 4) is 5.75 Å². The van der Waals surface area contributed by atoms with Gasteiger partial charge in [-0.15, -0.1) is 0 Å². The van der Waals surface area contributed by atoms with Crippen LogP contribution in [0.4, 0.5) is 13.2 Å². The molecule has 0 amide bonds. The van der Waals surface area contributed by atoms with Gasteiger partial charge in [-0.25, -0.2) is 0 Å². The summed E-state index contributed by atoms with van der Waals surface area (Å²) in [6.45, 7) is -0.346. The first-order valence-corrected chi connectivity index (χ1v) is 5.53. The smallest absolute Gasteiger partial charge is 0.416 e. The van der Waals surface area contributed by atoms with E-state index in [1.54, 1.807) is 0 Å². The quantitative estimate of drug-likeness (QED) is 0.764. The van der Waals surface area contributed by atoms with Gasteiger partial charge in [0.2, 0.25) is 0 Å². The molecule has 2 atom stereocenters. The number of aliphatic hydroxyl groups is 3. The van der Waals surface area contributed by atoms with Crippen LogP contribution in [0.5, 0.6) is 5.75 Å². The van der Waals surface area contributed by atoms with Crippen LogP contribution in [0.1, 0.15) is 23.7 Å². The van der Waals surface area contributed by atoms with Crippen LogP contribution >= 0.6 is 0 Å². The number of hydrogen-bond donors (Lipinski definition) is 3. The lowest BCUT2D eigenvalue weighted by Gasteiger charge is -2.20. The van der Waals surface area contributed by atoms with E-state index in [1.165, 1.54) is 7.11 Å². The minimum atomic E-state index is -4.51. The fourth-order valence-electron chi connectivity index (χ4n) is 1.63. The van der Waals surface area contributed by atoms with E-state index in [0.29, 0.717) is 0 Å². The van der Waals surface area contributed by atoms with Crippen LogP contribution in [0.25, 0.3) is 0 Å². The number of methoxy groups -OCH3 is 1. The number of hydrogen-bond acceptors (Lipinski definition) is 4. The Labute approximate surface area is 108 Å². The normalized spacial score (nSPS) is 15.1. The van der Waals surface area contributed by atoms with Gasteiger partial charge in [0.25, 0.3) is 0 Å². The average molecular weight is 280 g/mol. The lowest BCUT2D eigenvalue weighted by atomic mass is 9.99. The van der Waals surface area contributed by atoms with E-state index in [4.69, 9.17) is 9.84 Å². The van der Waals surface area contributed by atoms with Crippen molar-refractivity contribution < 1.29 is 33.2 Å². The lowest BCUT2D eigenvalue weighted by molar-refractivity contribution is -0.137. The summed E-state index contributed by atoms with van der Waals surface area (Å²) in [5, 5.41) is 28.0. The number of alkyl halides is 3. The molecule has 7 heteroatoms. The summed E-state index contributed by atoms with van der Waals surface area (Å²) in [4.78, 5) is 0. The molecule has 0 aliphatic carbocycles. The zero-order valence-electron chi connectivity index (χ0n) is 10.2. The second-order valence-corrected chi connectivity index (χ2v) is 3.98. The van der Waals surface area contributed by atoms with Crippen LogP contribution in [-0.4, -0.2) is 35.1 Å². The third-order valence-electron chi connectivity index (χ3n) is 2.67. The average Bonchev–Trinajstić information content (AvgIpc) is 2.36. The van der Waals surface area contributed by atoms with Gasteiger partial charge in [-0.05, 0) is 18.6 Å². The first-order valence-electron chi connectivity index (χ1n) is 5.53. The molecule has 2 unspecified atom stereocenters. The highest BCUT2D eigenvalue weighted by atomic mass is 19.4. The van der Waals surface area contributed by atoms with E-state index in [1.807, 2.05) is 0 Å². The lowest BCUT2D eigenvalue weighted by Crippen LogP contribution is -2.20. The molecule has 1 aromatic carbocycles. The predicted octanol–water partition coefficient (Wildman–Crippen LogP) is 1.49. The third-order valence-corrected chi connectivity index (χ3v) is 2.67. The van der Waals surface area contributed by atoms with Gasteiger partial charge in [0.05, 0.1) is 18.8 Å². The molecule has 3 N–H and O–H groups in total. The molecule has 0 heterocycles. The summed E-state index contributed by atoms with van der Waals surface area (Å²) >= 11 is 0. The Morgan fingerprint density at radius 2 is 1.89 bits per heavy atom. The summed E-state index contributed by atoms with van der Waals surface area (Å²) in [5.74, 6) is -0.167. The molecule has 0 aliphatic rings. The molecule has 0 spiro atoms. The number of rotatable bonds is 5. The molecule has 1 aromatic rings. The molecule has 0 aromatic heterocycles. The van der Waals surface area contributed by atoms with Gasteiger partial charge in [0, 0.05) is 12.2 Å². The number of aliphatic hydroxyl groups excluding tert-OH is 3. The van der Waals surface area contributed by atoms with Crippen molar-refractivity contribution in [3.05, 3.63) is 29.3 Å². The Morgan fingerprint density at radius 3 is 2.37 bits per heavy atom. The Kier molecular flexibility index (Phi) is 5.16. The highest BCUT2D eigenvalue weighted by Crippen LogP contribution is 2.35. The van der Waals surface area contributed by atoms with Crippen molar-refractivity contribution in [1.29, 1.82) is 0 Å². The molecule has 108 valence electrons. The first kappa shape index (κ1) is 15.7. The van der Waals surface area contributed by atoms with E-state index in [9.17, 15) is 23.4 Å². The molecule has 0 radical (unpaired) electrons. The molecule has 1 rings (SSSR count).